The molecule has 0 saturated carbocycles. The Kier molecular flexibility index (Phi) is 3.65. The summed E-state index contributed by atoms with van der Waals surface area (Å²) in [4.78, 5) is 10.9. The summed E-state index contributed by atoms with van der Waals surface area (Å²) >= 11 is 0. The van der Waals surface area contributed by atoms with Gasteiger partial charge in [-0.1, -0.05) is 0 Å². The first-order chi connectivity index (χ1) is 9.45. The second kappa shape index (κ2) is 5.24. The predicted molar refractivity (Wildman–Crippen MR) is 65.3 cm³/mol. The number of rotatable bonds is 3. The zero-order chi connectivity index (χ0) is 14.9. The molecule has 0 radical (unpaired) electrons. The molecule has 104 valence electrons. The molecule has 0 fully saturated rings. The summed E-state index contributed by atoms with van der Waals surface area (Å²) in [5, 5.41) is 8.92. The molecule has 0 heterocycles. The van der Waals surface area contributed by atoms with Crippen molar-refractivity contribution >= 4 is 5.97 Å². The summed E-state index contributed by atoms with van der Waals surface area (Å²) in [6.07, 6.45) is 0. The Morgan fingerprint density at radius 1 is 1.05 bits per heavy atom. The zero-order valence-electron chi connectivity index (χ0n) is 10.3. The Labute approximate surface area is 112 Å². The number of carboxylic acids is 1. The van der Waals surface area contributed by atoms with Crippen molar-refractivity contribution in [3.05, 3.63) is 53.3 Å². The SMILES string of the molecule is COc1ccc(C(=O)O)cc1-c1ccc(F)c(F)c1F. The average Bonchev–Trinajstić information content (AvgIpc) is 2.44. The number of hydrogen-bond acceptors (Lipinski definition) is 2. The molecule has 0 aliphatic heterocycles. The molecule has 0 saturated heterocycles. The number of carbonyl (C=O) groups is 1. The number of methoxy groups -OCH3 is 1. The van der Waals surface area contributed by atoms with Gasteiger partial charge in [0.25, 0.3) is 0 Å². The number of aromatic carboxylic acids is 1. The maximum absolute atomic E-state index is 13.8. The highest BCUT2D eigenvalue weighted by Gasteiger charge is 2.18. The van der Waals surface area contributed by atoms with E-state index in [0.717, 1.165) is 18.2 Å². The van der Waals surface area contributed by atoms with E-state index < -0.39 is 23.4 Å². The molecule has 0 unspecified atom stereocenters. The second-order valence-electron chi connectivity index (χ2n) is 3.94. The topological polar surface area (TPSA) is 46.5 Å². The van der Waals surface area contributed by atoms with E-state index in [-0.39, 0.29) is 22.4 Å². The third-order valence-electron chi connectivity index (χ3n) is 2.77. The third-order valence-corrected chi connectivity index (χ3v) is 2.77. The molecule has 0 amide bonds. The number of carboxylic acid groups (broad SMARTS) is 1. The van der Waals surface area contributed by atoms with Crippen LogP contribution in [-0.4, -0.2) is 18.2 Å². The molecule has 2 aromatic carbocycles. The van der Waals surface area contributed by atoms with Crippen LogP contribution in [0.5, 0.6) is 5.75 Å². The van der Waals surface area contributed by atoms with Gasteiger partial charge in [0.2, 0.25) is 0 Å². The molecule has 3 nitrogen and oxygen atoms in total. The van der Waals surface area contributed by atoms with E-state index in [2.05, 4.69) is 0 Å². The van der Waals surface area contributed by atoms with E-state index >= 15 is 0 Å². The molecule has 1 N–H and O–H groups in total. The van der Waals surface area contributed by atoms with Gasteiger partial charge in [0.1, 0.15) is 5.75 Å². The molecular weight excluding hydrogens is 273 g/mol. The van der Waals surface area contributed by atoms with E-state index in [4.69, 9.17) is 9.84 Å². The van der Waals surface area contributed by atoms with Crippen LogP contribution in [0.25, 0.3) is 11.1 Å². The van der Waals surface area contributed by atoms with E-state index in [1.54, 1.807) is 0 Å². The monoisotopic (exact) mass is 282 g/mol. The fourth-order valence-corrected chi connectivity index (χ4v) is 1.79. The van der Waals surface area contributed by atoms with Gasteiger partial charge in [0.15, 0.2) is 17.5 Å². The third kappa shape index (κ3) is 2.32. The molecule has 0 aromatic heterocycles. The van der Waals surface area contributed by atoms with E-state index in [9.17, 15) is 18.0 Å². The normalized spacial score (nSPS) is 10.4. The van der Waals surface area contributed by atoms with Gasteiger partial charge in [0.05, 0.1) is 12.7 Å². The molecule has 0 spiro atoms. The summed E-state index contributed by atoms with van der Waals surface area (Å²) in [7, 11) is 1.30. The maximum atomic E-state index is 13.8. The molecule has 0 aliphatic rings. The van der Waals surface area contributed by atoms with Gasteiger partial charge in [0, 0.05) is 11.1 Å². The fraction of sp³-hybridized carbons (Fsp3) is 0.0714. The molecule has 0 aliphatic carbocycles. The number of halogens is 3. The smallest absolute Gasteiger partial charge is 0.335 e. The Hall–Kier alpha value is -2.50. The van der Waals surface area contributed by atoms with Crippen molar-refractivity contribution in [1.29, 1.82) is 0 Å². The quantitative estimate of drug-likeness (QED) is 0.877. The summed E-state index contributed by atoms with van der Waals surface area (Å²) in [5.74, 6) is -5.41. The van der Waals surface area contributed by atoms with Crippen LogP contribution in [0.2, 0.25) is 0 Å². The van der Waals surface area contributed by atoms with Crippen LogP contribution in [0.3, 0.4) is 0 Å². The summed E-state index contributed by atoms with van der Waals surface area (Å²) in [6, 6.07) is 5.51. The van der Waals surface area contributed by atoms with Gasteiger partial charge >= 0.3 is 5.97 Å². The van der Waals surface area contributed by atoms with Crippen molar-refractivity contribution in [2.45, 2.75) is 0 Å². The fourth-order valence-electron chi connectivity index (χ4n) is 1.79. The van der Waals surface area contributed by atoms with Crippen molar-refractivity contribution in [2.75, 3.05) is 7.11 Å². The lowest BCUT2D eigenvalue weighted by molar-refractivity contribution is 0.0697. The van der Waals surface area contributed by atoms with Gasteiger partial charge in [-0.3, -0.25) is 0 Å². The van der Waals surface area contributed by atoms with Gasteiger partial charge in [-0.25, -0.2) is 18.0 Å². The first-order valence-corrected chi connectivity index (χ1v) is 5.51. The predicted octanol–water partition coefficient (Wildman–Crippen LogP) is 3.48. The number of ether oxygens (including phenoxy) is 1. The van der Waals surface area contributed by atoms with Crippen LogP contribution in [0.15, 0.2) is 30.3 Å². The van der Waals surface area contributed by atoms with Crippen LogP contribution < -0.4 is 4.74 Å². The van der Waals surface area contributed by atoms with E-state index in [1.165, 1.54) is 19.2 Å². The van der Waals surface area contributed by atoms with Crippen LogP contribution in [0.1, 0.15) is 10.4 Å². The van der Waals surface area contributed by atoms with Gasteiger partial charge < -0.3 is 9.84 Å². The molecule has 2 aromatic rings. The van der Waals surface area contributed by atoms with Crippen LogP contribution >= 0.6 is 0 Å². The highest BCUT2D eigenvalue weighted by Crippen LogP contribution is 2.34. The van der Waals surface area contributed by atoms with E-state index in [1.807, 2.05) is 0 Å². The lowest BCUT2D eigenvalue weighted by Gasteiger charge is -2.11. The minimum absolute atomic E-state index is 0.0313. The van der Waals surface area contributed by atoms with Crippen molar-refractivity contribution in [2.24, 2.45) is 0 Å². The minimum atomic E-state index is -1.62. The standard InChI is InChI=1S/C14H9F3O3/c1-20-11-5-2-7(14(18)19)6-9(11)8-3-4-10(15)13(17)12(8)16/h2-6H,1H3,(H,18,19). The second-order valence-corrected chi connectivity index (χ2v) is 3.94. The highest BCUT2D eigenvalue weighted by molar-refractivity contribution is 5.90. The Morgan fingerprint density at radius 3 is 2.35 bits per heavy atom. The van der Waals surface area contributed by atoms with Crippen molar-refractivity contribution in [1.82, 2.24) is 0 Å². The Balaban J connectivity index is 2.70. The first kappa shape index (κ1) is 13.9. The minimum Gasteiger partial charge on any atom is -0.496 e. The molecule has 6 heteroatoms. The van der Waals surface area contributed by atoms with Crippen LogP contribution in [-0.2, 0) is 0 Å². The van der Waals surface area contributed by atoms with Crippen molar-refractivity contribution in [3.63, 3.8) is 0 Å². The summed E-state index contributed by atoms with van der Waals surface area (Å²) in [5.41, 5.74) is -0.363. The maximum Gasteiger partial charge on any atom is 0.335 e. The summed E-state index contributed by atoms with van der Waals surface area (Å²) < 4.78 is 45.0. The molecule has 0 atom stereocenters. The van der Waals surface area contributed by atoms with Crippen molar-refractivity contribution < 1.29 is 27.8 Å². The van der Waals surface area contributed by atoms with Crippen LogP contribution in [0, 0.1) is 17.5 Å². The van der Waals surface area contributed by atoms with Gasteiger partial charge in [-0.15, -0.1) is 0 Å². The molecule has 2 rings (SSSR count). The average molecular weight is 282 g/mol. The molecular formula is C14H9F3O3. The molecule has 20 heavy (non-hydrogen) atoms. The largest absolute Gasteiger partial charge is 0.496 e. The van der Waals surface area contributed by atoms with Gasteiger partial charge in [-0.05, 0) is 30.3 Å². The lowest BCUT2D eigenvalue weighted by atomic mass is 10.0. The highest BCUT2D eigenvalue weighted by atomic mass is 19.2. The van der Waals surface area contributed by atoms with Gasteiger partial charge in [-0.2, -0.15) is 0 Å². The van der Waals surface area contributed by atoms with Crippen LogP contribution in [0.4, 0.5) is 13.2 Å². The van der Waals surface area contributed by atoms with Crippen molar-refractivity contribution in [3.8, 4) is 16.9 Å². The Morgan fingerprint density at radius 2 is 1.75 bits per heavy atom. The molecule has 0 bridgehead atoms. The lowest BCUT2D eigenvalue weighted by Crippen LogP contribution is -2.00. The number of hydrogen-bond donors (Lipinski definition) is 1. The summed E-state index contributed by atoms with van der Waals surface area (Å²) in [6.45, 7) is 0. The zero-order valence-corrected chi connectivity index (χ0v) is 10.3. The first-order valence-electron chi connectivity index (χ1n) is 5.51. The Bertz CT molecular complexity index is 684. The number of benzene rings is 2. The van der Waals surface area contributed by atoms with E-state index in [0.29, 0.717) is 0 Å².